The number of nitrogens with two attached hydrogens (primary N) is 1. The van der Waals surface area contributed by atoms with Crippen molar-refractivity contribution in [3.05, 3.63) is 35.9 Å². The Labute approximate surface area is 183 Å². The molecule has 0 aliphatic carbocycles. The molecule has 2 fully saturated rings. The van der Waals surface area contributed by atoms with Crippen molar-refractivity contribution in [2.75, 3.05) is 43.8 Å². The lowest BCUT2D eigenvalue weighted by Crippen LogP contribution is -2.48. The third kappa shape index (κ3) is 6.32. The summed E-state index contributed by atoms with van der Waals surface area (Å²) in [6, 6.07) is 6.04. The first kappa shape index (κ1) is 21.9. The number of aromatic nitrogens is 3. The lowest BCUT2D eigenvalue weighted by atomic mass is 9.95. The van der Waals surface area contributed by atoms with E-state index in [4.69, 9.17) is 10.5 Å². The van der Waals surface area contributed by atoms with Crippen LogP contribution in [0.15, 0.2) is 24.3 Å². The molecule has 9 heteroatoms. The molecule has 0 radical (unpaired) electrons. The van der Waals surface area contributed by atoms with Crippen molar-refractivity contribution in [3.8, 4) is 0 Å². The number of halogens is 1. The summed E-state index contributed by atoms with van der Waals surface area (Å²) in [5.74, 6) is 1.63. The van der Waals surface area contributed by atoms with E-state index in [0.29, 0.717) is 42.1 Å². The average molecular weight is 430 g/mol. The molecule has 0 spiro atoms. The largest absolute Gasteiger partial charge is 0.373 e. The summed E-state index contributed by atoms with van der Waals surface area (Å²) in [7, 11) is 0. The summed E-state index contributed by atoms with van der Waals surface area (Å²) in [6.07, 6.45) is 2.97. The molecule has 4 rings (SSSR count). The molecule has 2 aromatic rings. The Morgan fingerprint density at radius 3 is 2.39 bits per heavy atom. The molecule has 168 valence electrons. The van der Waals surface area contributed by atoms with E-state index in [2.05, 4.69) is 43.9 Å². The maximum absolute atomic E-state index is 13.1. The van der Waals surface area contributed by atoms with Crippen molar-refractivity contribution < 1.29 is 9.13 Å². The number of benzene rings is 1. The van der Waals surface area contributed by atoms with E-state index in [0.717, 1.165) is 32.7 Å². The molecule has 3 N–H and O–H groups in total. The van der Waals surface area contributed by atoms with Crippen LogP contribution in [0, 0.1) is 11.7 Å². The molecule has 2 saturated heterocycles. The van der Waals surface area contributed by atoms with Crippen molar-refractivity contribution in [3.63, 3.8) is 0 Å². The molecule has 1 aromatic carbocycles. The Morgan fingerprint density at radius 1 is 1.03 bits per heavy atom. The average Bonchev–Trinajstić information content (AvgIpc) is 2.70. The summed E-state index contributed by atoms with van der Waals surface area (Å²) >= 11 is 0. The van der Waals surface area contributed by atoms with Crippen LogP contribution in [0.3, 0.4) is 0 Å². The first-order valence-corrected chi connectivity index (χ1v) is 11.1. The molecular weight excluding hydrogens is 397 g/mol. The van der Waals surface area contributed by atoms with Gasteiger partial charge in [0.2, 0.25) is 11.9 Å². The fraction of sp³-hybridized carbons (Fsp3) is 0.591. The van der Waals surface area contributed by atoms with Crippen LogP contribution in [0.1, 0.15) is 32.5 Å². The summed E-state index contributed by atoms with van der Waals surface area (Å²) < 4.78 is 19.0. The van der Waals surface area contributed by atoms with Gasteiger partial charge < -0.3 is 15.8 Å². The normalized spacial score (nSPS) is 23.7. The first-order chi connectivity index (χ1) is 14.9. The van der Waals surface area contributed by atoms with E-state index in [-0.39, 0.29) is 11.8 Å². The van der Waals surface area contributed by atoms with Gasteiger partial charge in [-0.15, -0.1) is 0 Å². The van der Waals surface area contributed by atoms with Gasteiger partial charge in [-0.1, -0.05) is 0 Å². The van der Waals surface area contributed by atoms with E-state index in [9.17, 15) is 4.39 Å². The Morgan fingerprint density at radius 2 is 1.71 bits per heavy atom. The third-order valence-corrected chi connectivity index (χ3v) is 5.88. The highest BCUT2D eigenvalue weighted by Crippen LogP contribution is 2.22. The minimum absolute atomic E-state index is 0.181. The summed E-state index contributed by atoms with van der Waals surface area (Å²) in [5.41, 5.74) is 6.59. The number of nitrogens with zero attached hydrogens (tertiary/aromatic N) is 5. The van der Waals surface area contributed by atoms with Crippen molar-refractivity contribution in [1.29, 1.82) is 0 Å². The van der Waals surface area contributed by atoms with Crippen LogP contribution in [0.5, 0.6) is 0 Å². The molecule has 3 heterocycles. The minimum Gasteiger partial charge on any atom is -0.373 e. The van der Waals surface area contributed by atoms with Gasteiger partial charge in [0.15, 0.2) is 0 Å². The summed E-state index contributed by atoms with van der Waals surface area (Å²) in [4.78, 5) is 17.9. The number of morpholine rings is 1. The van der Waals surface area contributed by atoms with Crippen LogP contribution in [-0.4, -0.2) is 69.7 Å². The lowest BCUT2D eigenvalue weighted by Gasteiger charge is -2.39. The van der Waals surface area contributed by atoms with E-state index < -0.39 is 0 Å². The van der Waals surface area contributed by atoms with Crippen LogP contribution in [0.25, 0.3) is 0 Å². The van der Waals surface area contributed by atoms with Crippen molar-refractivity contribution in [2.45, 2.75) is 45.4 Å². The highest BCUT2D eigenvalue weighted by Gasteiger charge is 2.27. The first-order valence-electron chi connectivity index (χ1n) is 11.1. The molecule has 1 aromatic heterocycles. The Hall–Kier alpha value is -2.36. The van der Waals surface area contributed by atoms with E-state index in [1.165, 1.54) is 25.0 Å². The van der Waals surface area contributed by atoms with Gasteiger partial charge in [-0.05, 0) is 70.0 Å². The monoisotopic (exact) mass is 429 g/mol. The van der Waals surface area contributed by atoms with Gasteiger partial charge in [-0.3, -0.25) is 9.80 Å². The lowest BCUT2D eigenvalue weighted by molar-refractivity contribution is -0.0732. The van der Waals surface area contributed by atoms with Crippen LogP contribution in [0.2, 0.25) is 0 Å². The van der Waals surface area contributed by atoms with E-state index in [1.807, 2.05) is 0 Å². The van der Waals surface area contributed by atoms with Gasteiger partial charge in [0.25, 0.3) is 0 Å². The maximum Gasteiger partial charge on any atom is 0.232 e. The predicted octanol–water partition coefficient (Wildman–Crippen LogP) is 2.66. The number of rotatable bonds is 6. The van der Waals surface area contributed by atoms with Gasteiger partial charge in [-0.25, -0.2) is 4.39 Å². The zero-order valence-electron chi connectivity index (χ0n) is 18.3. The van der Waals surface area contributed by atoms with Crippen LogP contribution < -0.4 is 11.1 Å². The van der Waals surface area contributed by atoms with Crippen molar-refractivity contribution in [1.82, 2.24) is 24.8 Å². The molecule has 0 amide bonds. The minimum atomic E-state index is -0.289. The van der Waals surface area contributed by atoms with Gasteiger partial charge in [0.1, 0.15) is 11.6 Å². The Bertz CT molecular complexity index is 847. The quantitative estimate of drug-likeness (QED) is 0.724. The van der Waals surface area contributed by atoms with E-state index >= 15 is 0 Å². The standard InChI is InChI=1S/C22H32FN7O/c1-15-11-30(12-16(2)31-15)13-17-7-9-29(10-8-17)14-20-26-21(24)28-22(27-20)25-19-5-3-18(23)4-6-19/h3-6,15-17H,7-14H2,1-2H3,(H3,24,25,26,27,28). The zero-order chi connectivity index (χ0) is 21.8. The Balaban J connectivity index is 1.29. The molecule has 31 heavy (non-hydrogen) atoms. The fourth-order valence-corrected chi connectivity index (χ4v) is 4.55. The van der Waals surface area contributed by atoms with Gasteiger partial charge in [0.05, 0.1) is 18.8 Å². The molecule has 2 aliphatic heterocycles. The fourth-order valence-electron chi connectivity index (χ4n) is 4.55. The third-order valence-electron chi connectivity index (χ3n) is 5.88. The molecule has 0 bridgehead atoms. The number of anilines is 3. The van der Waals surface area contributed by atoms with E-state index in [1.54, 1.807) is 12.1 Å². The SMILES string of the molecule is CC1CN(CC2CCN(Cc3nc(N)nc(Nc4ccc(F)cc4)n3)CC2)CC(C)O1. The molecular formula is C22H32FN7O. The van der Waals surface area contributed by atoms with Gasteiger partial charge in [-0.2, -0.15) is 15.0 Å². The van der Waals surface area contributed by atoms with Crippen LogP contribution >= 0.6 is 0 Å². The second-order valence-corrected chi connectivity index (χ2v) is 8.76. The van der Waals surface area contributed by atoms with Crippen molar-refractivity contribution in [2.24, 2.45) is 5.92 Å². The molecule has 2 aliphatic rings. The highest BCUT2D eigenvalue weighted by atomic mass is 19.1. The zero-order valence-corrected chi connectivity index (χ0v) is 18.3. The topological polar surface area (TPSA) is 92.4 Å². The maximum atomic E-state index is 13.1. The Kier molecular flexibility index (Phi) is 6.94. The van der Waals surface area contributed by atoms with Gasteiger partial charge in [0, 0.05) is 25.3 Å². The van der Waals surface area contributed by atoms with Gasteiger partial charge >= 0.3 is 0 Å². The molecule has 2 atom stereocenters. The molecule has 0 saturated carbocycles. The molecule has 2 unspecified atom stereocenters. The van der Waals surface area contributed by atoms with Crippen LogP contribution in [-0.2, 0) is 11.3 Å². The second-order valence-electron chi connectivity index (χ2n) is 8.76. The smallest absolute Gasteiger partial charge is 0.232 e. The number of hydrogen-bond donors (Lipinski definition) is 2. The number of hydrogen-bond acceptors (Lipinski definition) is 8. The number of piperidine rings is 1. The summed E-state index contributed by atoms with van der Waals surface area (Å²) in [6.45, 7) is 10.2. The predicted molar refractivity (Wildman–Crippen MR) is 118 cm³/mol. The number of nitrogen functional groups attached to an aromatic ring is 1. The molecule has 8 nitrogen and oxygen atoms in total. The van der Waals surface area contributed by atoms with Crippen molar-refractivity contribution >= 4 is 17.6 Å². The van der Waals surface area contributed by atoms with Crippen LogP contribution in [0.4, 0.5) is 22.0 Å². The highest BCUT2D eigenvalue weighted by molar-refractivity contribution is 5.53. The number of ether oxygens (including phenoxy) is 1. The number of nitrogens with one attached hydrogen (secondary N) is 1. The summed E-state index contributed by atoms with van der Waals surface area (Å²) in [5, 5.41) is 3.07. The number of likely N-dealkylation sites (tertiary alicyclic amines) is 1. The second kappa shape index (κ2) is 9.84.